The van der Waals surface area contributed by atoms with E-state index in [9.17, 15) is 15.0 Å². The van der Waals surface area contributed by atoms with Gasteiger partial charge in [-0.15, -0.1) is 0 Å². The number of carbonyl (C=O) groups is 1. The number of carbonyl (C=O) groups excluding carboxylic acids is 1. The van der Waals surface area contributed by atoms with Gasteiger partial charge in [0, 0.05) is 6.92 Å². The first-order chi connectivity index (χ1) is 7.47. The first-order valence-electron chi connectivity index (χ1n) is 4.59. The highest BCUT2D eigenvalue weighted by Gasteiger charge is 2.28. The van der Waals surface area contributed by atoms with Gasteiger partial charge in [-0.1, -0.05) is 0 Å². The van der Waals surface area contributed by atoms with Gasteiger partial charge in [0.25, 0.3) is 5.89 Å². The summed E-state index contributed by atoms with van der Waals surface area (Å²) < 4.78 is 4.86. The molecule has 16 heavy (non-hydrogen) atoms. The molecule has 0 amide bonds. The van der Waals surface area contributed by atoms with Crippen LogP contribution in [0.2, 0.25) is 0 Å². The molecule has 0 fully saturated rings. The van der Waals surface area contributed by atoms with Crippen molar-refractivity contribution in [2.75, 3.05) is 6.61 Å². The second-order valence-electron chi connectivity index (χ2n) is 3.31. The quantitative estimate of drug-likeness (QED) is 0.460. The number of hydrogen-bond donors (Lipinski definition) is 4. The second kappa shape index (κ2) is 5.17. The van der Waals surface area contributed by atoms with Gasteiger partial charge in [0.1, 0.15) is 18.3 Å². The van der Waals surface area contributed by atoms with Crippen LogP contribution >= 0.6 is 0 Å². The number of ketones is 1. The highest BCUT2D eigenvalue weighted by atomic mass is 16.4. The van der Waals surface area contributed by atoms with Gasteiger partial charge in [0.15, 0.2) is 5.76 Å². The first-order valence-corrected chi connectivity index (χ1v) is 4.59. The molecule has 7 nitrogen and oxygen atoms in total. The summed E-state index contributed by atoms with van der Waals surface area (Å²) >= 11 is 0. The molecule has 0 aliphatic rings. The molecular weight excluding hydrogens is 218 g/mol. The predicted molar refractivity (Wildman–Crippen MR) is 50.6 cm³/mol. The van der Waals surface area contributed by atoms with Crippen LogP contribution in [-0.4, -0.2) is 50.0 Å². The van der Waals surface area contributed by atoms with Crippen LogP contribution in [0, 0.1) is 0 Å². The zero-order valence-electron chi connectivity index (χ0n) is 8.57. The zero-order valence-corrected chi connectivity index (χ0v) is 8.57. The van der Waals surface area contributed by atoms with Crippen molar-refractivity contribution in [3.63, 3.8) is 0 Å². The Morgan fingerprint density at radius 3 is 2.56 bits per heavy atom. The summed E-state index contributed by atoms with van der Waals surface area (Å²) in [6.45, 7) is 0.535. The lowest BCUT2D eigenvalue weighted by Gasteiger charge is -2.19. The van der Waals surface area contributed by atoms with E-state index in [1.165, 1.54) is 6.92 Å². The van der Waals surface area contributed by atoms with Crippen LogP contribution in [0.15, 0.2) is 10.6 Å². The summed E-state index contributed by atoms with van der Waals surface area (Å²) in [5, 5.41) is 36.5. The van der Waals surface area contributed by atoms with E-state index in [2.05, 4.69) is 4.98 Å². The summed E-state index contributed by atoms with van der Waals surface area (Å²) in [6.07, 6.45) is -3.59. The maximum absolute atomic E-state index is 10.9. The van der Waals surface area contributed by atoms with Crippen molar-refractivity contribution >= 4 is 5.78 Å². The van der Waals surface area contributed by atoms with Crippen LogP contribution in [0.5, 0.6) is 0 Å². The van der Waals surface area contributed by atoms with E-state index in [1.807, 2.05) is 0 Å². The minimum atomic E-state index is -1.61. The predicted octanol–water partition coefficient (Wildman–Crippen LogP) is -1.38. The Morgan fingerprint density at radius 1 is 1.50 bits per heavy atom. The van der Waals surface area contributed by atoms with E-state index in [0.717, 1.165) is 6.20 Å². The molecule has 3 atom stereocenters. The number of oxazole rings is 1. The van der Waals surface area contributed by atoms with Crippen molar-refractivity contribution in [1.82, 2.24) is 4.98 Å². The van der Waals surface area contributed by atoms with Gasteiger partial charge in [0.05, 0.1) is 12.8 Å². The minimum Gasteiger partial charge on any atom is -0.436 e. The summed E-state index contributed by atoms with van der Waals surface area (Å²) in [5.74, 6) is -0.763. The molecule has 0 aliphatic carbocycles. The van der Waals surface area contributed by atoms with Gasteiger partial charge >= 0.3 is 0 Å². The van der Waals surface area contributed by atoms with Gasteiger partial charge < -0.3 is 24.8 Å². The topological polar surface area (TPSA) is 124 Å². The molecule has 7 heteroatoms. The van der Waals surface area contributed by atoms with E-state index >= 15 is 0 Å². The number of aliphatic hydroxyl groups excluding tert-OH is 4. The fourth-order valence-electron chi connectivity index (χ4n) is 1.07. The summed E-state index contributed by atoms with van der Waals surface area (Å²) in [7, 11) is 0. The molecule has 0 aliphatic heterocycles. The Bertz CT molecular complexity index is 363. The average Bonchev–Trinajstić information content (AvgIpc) is 2.75. The third-order valence-corrected chi connectivity index (χ3v) is 2.02. The molecule has 1 aromatic heterocycles. The van der Waals surface area contributed by atoms with Gasteiger partial charge in [-0.05, 0) is 0 Å². The van der Waals surface area contributed by atoms with Crippen molar-refractivity contribution in [1.29, 1.82) is 0 Å². The van der Waals surface area contributed by atoms with E-state index in [4.69, 9.17) is 14.6 Å². The van der Waals surface area contributed by atoms with Gasteiger partial charge in [-0.3, -0.25) is 4.79 Å². The Morgan fingerprint density at radius 2 is 2.12 bits per heavy atom. The molecule has 0 bridgehead atoms. The first kappa shape index (κ1) is 12.8. The molecule has 4 N–H and O–H groups in total. The van der Waals surface area contributed by atoms with Crippen LogP contribution in [-0.2, 0) is 0 Å². The lowest BCUT2D eigenvalue weighted by atomic mass is 10.1. The third-order valence-electron chi connectivity index (χ3n) is 2.02. The van der Waals surface area contributed by atoms with Gasteiger partial charge in [-0.25, -0.2) is 4.98 Å². The zero-order chi connectivity index (χ0) is 12.3. The Balaban J connectivity index is 2.79. The molecule has 3 unspecified atom stereocenters. The monoisotopic (exact) mass is 231 g/mol. The van der Waals surface area contributed by atoms with E-state index in [-0.39, 0.29) is 11.7 Å². The van der Waals surface area contributed by atoms with Crippen molar-refractivity contribution in [2.45, 2.75) is 25.2 Å². The lowest BCUT2D eigenvalue weighted by Crippen LogP contribution is -2.34. The maximum atomic E-state index is 10.9. The molecule has 0 radical (unpaired) electrons. The number of hydrogen-bond acceptors (Lipinski definition) is 7. The second-order valence-corrected chi connectivity index (χ2v) is 3.31. The summed E-state index contributed by atoms with van der Waals surface area (Å²) in [5.41, 5.74) is 0. The molecule has 0 saturated heterocycles. The third kappa shape index (κ3) is 2.64. The Kier molecular flexibility index (Phi) is 4.13. The Hall–Kier alpha value is -1.28. The molecule has 90 valence electrons. The largest absolute Gasteiger partial charge is 0.436 e. The highest BCUT2D eigenvalue weighted by Crippen LogP contribution is 2.20. The minimum absolute atomic E-state index is 0.148. The molecule has 1 rings (SSSR count). The van der Waals surface area contributed by atoms with Crippen molar-refractivity contribution in [3.8, 4) is 0 Å². The van der Waals surface area contributed by atoms with Crippen molar-refractivity contribution in [2.24, 2.45) is 0 Å². The lowest BCUT2D eigenvalue weighted by molar-refractivity contribution is -0.0837. The van der Waals surface area contributed by atoms with Gasteiger partial charge in [-0.2, -0.15) is 0 Å². The number of aromatic nitrogens is 1. The van der Waals surface area contributed by atoms with Crippen LogP contribution < -0.4 is 0 Å². The molecule has 0 spiro atoms. The van der Waals surface area contributed by atoms with E-state index < -0.39 is 30.7 Å². The molecule has 0 saturated carbocycles. The summed E-state index contributed by atoms with van der Waals surface area (Å²) in [4.78, 5) is 14.4. The van der Waals surface area contributed by atoms with Gasteiger partial charge in [0.2, 0.25) is 5.78 Å². The fraction of sp³-hybridized carbons (Fsp3) is 0.556. The normalized spacial score (nSPS) is 16.8. The number of rotatable bonds is 5. The highest BCUT2D eigenvalue weighted by molar-refractivity contribution is 5.89. The van der Waals surface area contributed by atoms with Crippen molar-refractivity contribution < 1.29 is 29.6 Å². The summed E-state index contributed by atoms with van der Waals surface area (Å²) in [6, 6.07) is 0. The van der Waals surface area contributed by atoms with Crippen LogP contribution in [0.3, 0.4) is 0 Å². The maximum Gasteiger partial charge on any atom is 0.263 e. The number of aliphatic hydroxyl groups is 4. The number of nitrogens with zero attached hydrogens (tertiary/aromatic N) is 1. The Labute approximate surface area is 91.0 Å². The standard InChI is InChI=1S/C9H13NO6/c1-4(12)9-10-2-6(16-9)8(15)7(14)5(13)3-11/h2,5,7-8,11,13-15H,3H2,1H3. The van der Waals surface area contributed by atoms with Crippen LogP contribution in [0.1, 0.15) is 29.5 Å². The average molecular weight is 231 g/mol. The molecule has 1 heterocycles. The van der Waals surface area contributed by atoms with E-state index in [1.54, 1.807) is 0 Å². The molecular formula is C9H13NO6. The molecule has 0 aromatic carbocycles. The van der Waals surface area contributed by atoms with E-state index in [0.29, 0.717) is 0 Å². The number of Topliss-reactive ketones (excluding diaryl/α,β-unsaturated/α-hetero) is 1. The smallest absolute Gasteiger partial charge is 0.263 e. The van der Waals surface area contributed by atoms with Crippen LogP contribution in [0.25, 0.3) is 0 Å². The SMILES string of the molecule is CC(=O)c1ncc(C(O)C(O)C(O)CO)o1. The van der Waals surface area contributed by atoms with Crippen LogP contribution in [0.4, 0.5) is 0 Å². The molecule has 1 aromatic rings. The van der Waals surface area contributed by atoms with Crippen molar-refractivity contribution in [3.05, 3.63) is 17.8 Å². The fourth-order valence-corrected chi connectivity index (χ4v) is 1.07.